The Morgan fingerprint density at radius 3 is 2.35 bits per heavy atom. The lowest BCUT2D eigenvalue weighted by atomic mass is 9.96. The summed E-state index contributed by atoms with van der Waals surface area (Å²) in [5.74, 6) is 0.0963. The van der Waals surface area contributed by atoms with Gasteiger partial charge < -0.3 is 10.6 Å². The minimum atomic E-state index is -0.306. The van der Waals surface area contributed by atoms with Crippen LogP contribution in [-0.4, -0.2) is 19.0 Å². The topological polar surface area (TPSA) is 41.1 Å². The van der Waals surface area contributed by atoms with E-state index in [9.17, 15) is 4.79 Å². The highest BCUT2D eigenvalue weighted by Crippen LogP contribution is 2.11. The molecule has 0 aliphatic rings. The number of benzene rings is 1. The first-order chi connectivity index (χ1) is 8.00. The molecular weight excluding hydrogens is 212 g/mol. The third kappa shape index (κ3) is 5.50. The number of hydrogen-bond acceptors (Lipinski definition) is 2. The number of rotatable bonds is 5. The molecule has 3 heteroatoms. The van der Waals surface area contributed by atoms with E-state index in [1.165, 1.54) is 5.56 Å². The molecule has 0 atom stereocenters. The molecule has 17 heavy (non-hydrogen) atoms. The summed E-state index contributed by atoms with van der Waals surface area (Å²) >= 11 is 0. The third-order valence-corrected chi connectivity index (χ3v) is 2.44. The van der Waals surface area contributed by atoms with Crippen molar-refractivity contribution in [2.24, 2.45) is 5.41 Å². The zero-order valence-corrected chi connectivity index (χ0v) is 10.9. The van der Waals surface area contributed by atoms with Gasteiger partial charge in [-0.25, -0.2) is 0 Å². The molecule has 0 saturated heterocycles. The predicted octanol–water partition coefficient (Wildman–Crippen LogP) is 1.94. The van der Waals surface area contributed by atoms with E-state index in [0.29, 0.717) is 6.54 Å². The van der Waals surface area contributed by atoms with Gasteiger partial charge in [-0.05, 0) is 5.56 Å². The number of hydrogen-bond donors (Lipinski definition) is 2. The van der Waals surface area contributed by atoms with Crippen molar-refractivity contribution in [2.45, 2.75) is 27.3 Å². The van der Waals surface area contributed by atoms with Crippen LogP contribution in [0.4, 0.5) is 0 Å². The summed E-state index contributed by atoms with van der Waals surface area (Å²) in [4.78, 5) is 11.6. The van der Waals surface area contributed by atoms with Crippen molar-refractivity contribution >= 4 is 5.91 Å². The maximum Gasteiger partial charge on any atom is 0.225 e. The van der Waals surface area contributed by atoms with Gasteiger partial charge in [-0.2, -0.15) is 0 Å². The maximum atomic E-state index is 11.6. The number of amides is 1. The highest BCUT2D eigenvalue weighted by Gasteiger charge is 2.19. The summed E-state index contributed by atoms with van der Waals surface area (Å²) in [6.07, 6.45) is 0. The summed E-state index contributed by atoms with van der Waals surface area (Å²) < 4.78 is 0. The fourth-order valence-corrected chi connectivity index (χ4v) is 1.36. The second kappa shape index (κ2) is 6.40. The molecule has 0 heterocycles. The molecule has 0 radical (unpaired) electrons. The fourth-order valence-electron chi connectivity index (χ4n) is 1.36. The van der Waals surface area contributed by atoms with E-state index in [0.717, 1.165) is 13.1 Å². The zero-order valence-electron chi connectivity index (χ0n) is 10.9. The van der Waals surface area contributed by atoms with Gasteiger partial charge in [0.2, 0.25) is 5.91 Å². The van der Waals surface area contributed by atoms with Gasteiger partial charge in [0.05, 0.1) is 0 Å². The van der Waals surface area contributed by atoms with E-state index in [1.807, 2.05) is 39.0 Å². The van der Waals surface area contributed by atoms with E-state index in [-0.39, 0.29) is 11.3 Å². The molecular formula is C14H22N2O. The SMILES string of the molecule is CC(C)(C)C(=O)NCCNCc1ccccc1. The monoisotopic (exact) mass is 234 g/mol. The van der Waals surface area contributed by atoms with Gasteiger partial charge >= 0.3 is 0 Å². The summed E-state index contributed by atoms with van der Waals surface area (Å²) in [6, 6.07) is 10.2. The normalized spacial score (nSPS) is 11.2. The van der Waals surface area contributed by atoms with Crippen LogP contribution in [0.25, 0.3) is 0 Å². The lowest BCUT2D eigenvalue weighted by Gasteiger charge is -2.17. The Morgan fingerprint density at radius 1 is 1.12 bits per heavy atom. The van der Waals surface area contributed by atoms with E-state index in [2.05, 4.69) is 22.8 Å². The van der Waals surface area contributed by atoms with Gasteiger partial charge in [0, 0.05) is 25.0 Å². The maximum absolute atomic E-state index is 11.6. The van der Waals surface area contributed by atoms with E-state index >= 15 is 0 Å². The first kappa shape index (κ1) is 13.7. The van der Waals surface area contributed by atoms with Crippen LogP contribution in [0, 0.1) is 5.41 Å². The molecule has 0 aliphatic heterocycles. The van der Waals surface area contributed by atoms with Crippen LogP contribution < -0.4 is 10.6 Å². The zero-order chi connectivity index (χ0) is 12.7. The largest absolute Gasteiger partial charge is 0.354 e. The lowest BCUT2D eigenvalue weighted by Crippen LogP contribution is -2.38. The molecule has 3 nitrogen and oxygen atoms in total. The molecule has 1 rings (SSSR count). The Balaban J connectivity index is 2.12. The molecule has 0 bridgehead atoms. The molecule has 0 aromatic heterocycles. The van der Waals surface area contributed by atoms with Gasteiger partial charge in [-0.15, -0.1) is 0 Å². The Morgan fingerprint density at radius 2 is 1.76 bits per heavy atom. The van der Waals surface area contributed by atoms with Gasteiger partial charge in [0.15, 0.2) is 0 Å². The van der Waals surface area contributed by atoms with E-state index < -0.39 is 0 Å². The average Bonchev–Trinajstić information content (AvgIpc) is 2.28. The van der Waals surface area contributed by atoms with Gasteiger partial charge in [0.25, 0.3) is 0 Å². The molecule has 0 fully saturated rings. The predicted molar refractivity (Wildman–Crippen MR) is 70.6 cm³/mol. The summed E-state index contributed by atoms with van der Waals surface area (Å²) in [5.41, 5.74) is 0.953. The van der Waals surface area contributed by atoms with Crippen molar-refractivity contribution in [2.75, 3.05) is 13.1 Å². The van der Waals surface area contributed by atoms with E-state index in [4.69, 9.17) is 0 Å². The second-order valence-corrected chi connectivity index (χ2v) is 5.17. The van der Waals surface area contributed by atoms with Crippen molar-refractivity contribution in [1.29, 1.82) is 0 Å². The highest BCUT2D eigenvalue weighted by atomic mass is 16.2. The average molecular weight is 234 g/mol. The number of nitrogens with one attached hydrogen (secondary N) is 2. The Kier molecular flexibility index (Phi) is 5.16. The number of carbonyl (C=O) groups excluding carboxylic acids is 1. The van der Waals surface area contributed by atoms with Crippen LogP contribution in [0.1, 0.15) is 26.3 Å². The molecule has 2 N–H and O–H groups in total. The quantitative estimate of drug-likeness (QED) is 0.764. The molecule has 1 aromatic carbocycles. The Hall–Kier alpha value is -1.35. The second-order valence-electron chi connectivity index (χ2n) is 5.17. The van der Waals surface area contributed by atoms with Crippen LogP contribution in [0.15, 0.2) is 30.3 Å². The molecule has 1 amide bonds. The minimum absolute atomic E-state index is 0.0963. The highest BCUT2D eigenvalue weighted by molar-refractivity contribution is 5.81. The van der Waals surface area contributed by atoms with Crippen LogP contribution >= 0.6 is 0 Å². The van der Waals surface area contributed by atoms with Crippen LogP contribution in [0.3, 0.4) is 0 Å². The molecule has 0 aliphatic carbocycles. The summed E-state index contributed by atoms with van der Waals surface area (Å²) in [6.45, 7) is 8.05. The Bertz CT molecular complexity index is 341. The smallest absolute Gasteiger partial charge is 0.225 e. The van der Waals surface area contributed by atoms with Crippen molar-refractivity contribution in [3.05, 3.63) is 35.9 Å². The van der Waals surface area contributed by atoms with Gasteiger partial charge in [-0.3, -0.25) is 4.79 Å². The molecule has 1 aromatic rings. The van der Waals surface area contributed by atoms with Crippen LogP contribution in [-0.2, 0) is 11.3 Å². The molecule has 94 valence electrons. The first-order valence-electron chi connectivity index (χ1n) is 6.03. The first-order valence-corrected chi connectivity index (χ1v) is 6.03. The molecule has 0 saturated carbocycles. The molecule has 0 spiro atoms. The lowest BCUT2D eigenvalue weighted by molar-refractivity contribution is -0.128. The third-order valence-electron chi connectivity index (χ3n) is 2.44. The number of carbonyl (C=O) groups is 1. The molecule has 0 unspecified atom stereocenters. The van der Waals surface area contributed by atoms with E-state index in [1.54, 1.807) is 0 Å². The summed E-state index contributed by atoms with van der Waals surface area (Å²) in [7, 11) is 0. The van der Waals surface area contributed by atoms with Crippen molar-refractivity contribution in [3.63, 3.8) is 0 Å². The minimum Gasteiger partial charge on any atom is -0.354 e. The van der Waals surface area contributed by atoms with Crippen molar-refractivity contribution < 1.29 is 4.79 Å². The van der Waals surface area contributed by atoms with Gasteiger partial charge in [-0.1, -0.05) is 51.1 Å². The van der Waals surface area contributed by atoms with Crippen molar-refractivity contribution in [3.8, 4) is 0 Å². The summed E-state index contributed by atoms with van der Waals surface area (Å²) in [5, 5.41) is 6.20. The van der Waals surface area contributed by atoms with Crippen molar-refractivity contribution in [1.82, 2.24) is 10.6 Å². The fraction of sp³-hybridized carbons (Fsp3) is 0.500. The Labute approximate surface area is 104 Å². The van der Waals surface area contributed by atoms with Gasteiger partial charge in [0.1, 0.15) is 0 Å². The van der Waals surface area contributed by atoms with Crippen LogP contribution in [0.5, 0.6) is 0 Å². The standard InChI is InChI=1S/C14H22N2O/c1-14(2,3)13(17)16-10-9-15-11-12-7-5-4-6-8-12/h4-8,15H,9-11H2,1-3H3,(H,16,17). The van der Waals surface area contributed by atoms with Crippen LogP contribution in [0.2, 0.25) is 0 Å².